The van der Waals surface area contributed by atoms with Crippen molar-refractivity contribution in [2.45, 2.75) is 0 Å². The number of halogens is 1. The average molecular weight is 412 g/mol. The van der Waals surface area contributed by atoms with Crippen molar-refractivity contribution in [1.29, 1.82) is 0 Å². The zero-order chi connectivity index (χ0) is 20.4. The molecule has 0 saturated carbocycles. The van der Waals surface area contributed by atoms with E-state index in [9.17, 15) is 14.9 Å². The lowest BCUT2D eigenvalue weighted by Gasteiger charge is -2.35. The molecule has 29 heavy (non-hydrogen) atoms. The van der Waals surface area contributed by atoms with Gasteiger partial charge in [-0.2, -0.15) is 0 Å². The van der Waals surface area contributed by atoms with E-state index < -0.39 is 0 Å². The van der Waals surface area contributed by atoms with Gasteiger partial charge in [0.2, 0.25) is 5.91 Å². The van der Waals surface area contributed by atoms with Gasteiger partial charge in [-0.15, -0.1) is 0 Å². The number of anilines is 1. The summed E-state index contributed by atoms with van der Waals surface area (Å²) in [6.45, 7) is 2.02. The highest BCUT2D eigenvalue weighted by Crippen LogP contribution is 2.28. The van der Waals surface area contributed by atoms with E-state index in [2.05, 4.69) is 4.98 Å². The third-order valence-electron chi connectivity index (χ3n) is 4.92. The average Bonchev–Trinajstić information content (AvgIpc) is 3.07. The van der Waals surface area contributed by atoms with Gasteiger partial charge in [0, 0.05) is 44.5 Å². The van der Waals surface area contributed by atoms with Crippen LogP contribution in [0.4, 0.5) is 11.4 Å². The summed E-state index contributed by atoms with van der Waals surface area (Å²) < 4.78 is 1.82. The number of amides is 1. The molecule has 0 spiro atoms. The van der Waals surface area contributed by atoms with Crippen molar-refractivity contribution in [3.8, 4) is 0 Å². The van der Waals surface area contributed by atoms with Crippen LogP contribution in [0.15, 0.2) is 54.7 Å². The number of carbonyl (C=O) groups is 1. The number of aromatic nitrogens is 2. The van der Waals surface area contributed by atoms with Crippen LogP contribution in [0.3, 0.4) is 0 Å². The lowest BCUT2D eigenvalue weighted by molar-refractivity contribution is -0.384. The number of piperazine rings is 1. The molecule has 1 saturated heterocycles. The van der Waals surface area contributed by atoms with E-state index in [1.165, 1.54) is 12.1 Å². The van der Waals surface area contributed by atoms with Gasteiger partial charge in [0.05, 0.1) is 10.6 Å². The number of nitro benzene ring substituents is 1. The van der Waals surface area contributed by atoms with Gasteiger partial charge in [-0.25, -0.2) is 4.98 Å². The van der Waals surface area contributed by atoms with Crippen LogP contribution in [0.25, 0.3) is 11.7 Å². The molecule has 1 fully saturated rings. The minimum absolute atomic E-state index is 0.0782. The Morgan fingerprint density at radius 2 is 1.83 bits per heavy atom. The van der Waals surface area contributed by atoms with Crippen LogP contribution in [0.2, 0.25) is 5.15 Å². The zero-order valence-corrected chi connectivity index (χ0v) is 16.2. The van der Waals surface area contributed by atoms with Gasteiger partial charge >= 0.3 is 0 Å². The Hall–Kier alpha value is -3.39. The summed E-state index contributed by atoms with van der Waals surface area (Å²) in [6, 6.07) is 12.2. The van der Waals surface area contributed by atoms with E-state index in [0.29, 0.717) is 48.4 Å². The maximum absolute atomic E-state index is 12.6. The molecule has 2 aromatic heterocycles. The number of benzene rings is 1. The summed E-state index contributed by atoms with van der Waals surface area (Å²) in [5, 5.41) is 11.6. The summed E-state index contributed by atoms with van der Waals surface area (Å²) in [5.41, 5.74) is 2.02. The first-order chi connectivity index (χ1) is 14.0. The maximum atomic E-state index is 12.6. The summed E-state index contributed by atoms with van der Waals surface area (Å²) in [5.74, 6) is -0.130. The second kappa shape index (κ2) is 7.92. The number of rotatable bonds is 4. The third-order valence-corrected chi connectivity index (χ3v) is 5.19. The molecule has 0 N–H and O–H groups in total. The highest BCUT2D eigenvalue weighted by molar-refractivity contribution is 6.31. The number of fused-ring (bicyclic) bond motifs is 1. The normalized spacial score (nSPS) is 14.7. The van der Waals surface area contributed by atoms with Crippen LogP contribution in [-0.4, -0.2) is 51.3 Å². The molecule has 0 atom stereocenters. The van der Waals surface area contributed by atoms with Crippen LogP contribution in [0.1, 0.15) is 5.69 Å². The van der Waals surface area contributed by atoms with Crippen LogP contribution < -0.4 is 4.90 Å². The first-order valence-corrected chi connectivity index (χ1v) is 9.50. The number of imidazole rings is 1. The second-order valence-corrected chi connectivity index (χ2v) is 6.97. The fourth-order valence-corrected chi connectivity index (χ4v) is 3.69. The summed E-state index contributed by atoms with van der Waals surface area (Å²) in [4.78, 5) is 31.4. The van der Waals surface area contributed by atoms with Gasteiger partial charge in [-0.05, 0) is 24.3 Å². The van der Waals surface area contributed by atoms with Gasteiger partial charge in [-0.3, -0.25) is 19.3 Å². The third kappa shape index (κ3) is 3.79. The molecule has 1 aromatic carbocycles. The Morgan fingerprint density at radius 3 is 2.59 bits per heavy atom. The molecular weight excluding hydrogens is 394 g/mol. The van der Waals surface area contributed by atoms with Crippen molar-refractivity contribution in [3.63, 3.8) is 0 Å². The van der Waals surface area contributed by atoms with Crippen molar-refractivity contribution in [2.24, 2.45) is 0 Å². The minimum Gasteiger partial charge on any atom is -0.362 e. The fraction of sp³-hybridized carbons (Fsp3) is 0.200. The van der Waals surface area contributed by atoms with Gasteiger partial charge in [0.15, 0.2) is 5.15 Å². The van der Waals surface area contributed by atoms with Crippen molar-refractivity contribution >= 4 is 40.6 Å². The van der Waals surface area contributed by atoms with E-state index in [1.54, 1.807) is 29.2 Å². The molecular formula is C20H18ClN5O3. The Morgan fingerprint density at radius 1 is 1.10 bits per heavy atom. The Bertz CT molecular complexity index is 1100. The van der Waals surface area contributed by atoms with E-state index in [1.807, 2.05) is 33.7 Å². The van der Waals surface area contributed by atoms with E-state index in [4.69, 9.17) is 11.6 Å². The standard InChI is InChI=1S/C20H18ClN5O3/c21-20-17(25-10-4-3-7-18(25)22-20)8-9-19(27)24-13-11-23(12-14-24)15-5-1-2-6-16(15)26(28)29/h1-10H,11-14H2/b9-8+. The molecule has 9 heteroatoms. The van der Waals surface area contributed by atoms with Crippen molar-refractivity contribution in [3.05, 3.63) is 75.7 Å². The molecule has 0 radical (unpaired) electrons. The van der Waals surface area contributed by atoms with Gasteiger partial charge in [0.25, 0.3) is 5.69 Å². The molecule has 1 amide bonds. The molecule has 8 nitrogen and oxygen atoms in total. The molecule has 1 aliphatic heterocycles. The maximum Gasteiger partial charge on any atom is 0.292 e. The van der Waals surface area contributed by atoms with Crippen LogP contribution in [-0.2, 0) is 4.79 Å². The monoisotopic (exact) mass is 411 g/mol. The van der Waals surface area contributed by atoms with Gasteiger partial charge in [-0.1, -0.05) is 29.8 Å². The zero-order valence-electron chi connectivity index (χ0n) is 15.4. The van der Waals surface area contributed by atoms with E-state index in [-0.39, 0.29) is 16.5 Å². The van der Waals surface area contributed by atoms with Crippen molar-refractivity contribution in [1.82, 2.24) is 14.3 Å². The number of pyridine rings is 1. The second-order valence-electron chi connectivity index (χ2n) is 6.61. The summed E-state index contributed by atoms with van der Waals surface area (Å²) in [7, 11) is 0. The summed E-state index contributed by atoms with van der Waals surface area (Å²) in [6.07, 6.45) is 4.99. The van der Waals surface area contributed by atoms with Crippen molar-refractivity contribution < 1.29 is 9.72 Å². The molecule has 3 heterocycles. The number of para-hydroxylation sites is 2. The first kappa shape index (κ1) is 18.9. The molecule has 3 aromatic rings. The van der Waals surface area contributed by atoms with Crippen LogP contribution in [0, 0.1) is 10.1 Å². The predicted octanol–water partition coefficient (Wildman–Crippen LogP) is 3.26. The molecule has 0 bridgehead atoms. The highest BCUT2D eigenvalue weighted by Gasteiger charge is 2.24. The molecule has 0 unspecified atom stereocenters. The van der Waals surface area contributed by atoms with E-state index in [0.717, 1.165) is 0 Å². The van der Waals surface area contributed by atoms with Crippen molar-refractivity contribution in [2.75, 3.05) is 31.1 Å². The van der Waals surface area contributed by atoms with Gasteiger partial charge < -0.3 is 9.80 Å². The van der Waals surface area contributed by atoms with Crippen LogP contribution in [0.5, 0.6) is 0 Å². The Labute approximate surface area is 171 Å². The quantitative estimate of drug-likeness (QED) is 0.374. The SMILES string of the molecule is O=C(/C=C/c1c(Cl)nc2ccccn12)N1CCN(c2ccccc2[N+](=O)[O-])CC1. The topological polar surface area (TPSA) is 84.0 Å². The number of hydrogen-bond acceptors (Lipinski definition) is 5. The molecule has 0 aliphatic carbocycles. The molecule has 148 valence electrons. The molecule has 1 aliphatic rings. The number of hydrogen-bond donors (Lipinski definition) is 0. The molecule has 4 rings (SSSR count). The first-order valence-electron chi connectivity index (χ1n) is 9.12. The Balaban J connectivity index is 1.44. The smallest absolute Gasteiger partial charge is 0.292 e. The highest BCUT2D eigenvalue weighted by atomic mass is 35.5. The van der Waals surface area contributed by atoms with Gasteiger partial charge in [0.1, 0.15) is 11.3 Å². The Kier molecular flexibility index (Phi) is 5.18. The summed E-state index contributed by atoms with van der Waals surface area (Å²) >= 11 is 6.19. The fourth-order valence-electron chi connectivity index (χ4n) is 3.44. The lowest BCUT2D eigenvalue weighted by atomic mass is 10.2. The number of nitro groups is 1. The predicted molar refractivity (Wildman–Crippen MR) is 111 cm³/mol. The van der Waals surface area contributed by atoms with Crippen LogP contribution >= 0.6 is 11.6 Å². The largest absolute Gasteiger partial charge is 0.362 e. The minimum atomic E-state index is -0.380. The van der Waals surface area contributed by atoms with E-state index >= 15 is 0 Å². The number of nitrogens with zero attached hydrogens (tertiary/aromatic N) is 5. The number of carbonyl (C=O) groups excluding carboxylic acids is 1. The lowest BCUT2D eigenvalue weighted by Crippen LogP contribution is -2.48.